The smallest absolute Gasteiger partial charge is 0.234 e. The van der Waals surface area contributed by atoms with Gasteiger partial charge in [0.25, 0.3) is 0 Å². The molecule has 0 aliphatic heterocycles. The zero-order valence-electron chi connectivity index (χ0n) is 17.7. The minimum Gasteiger partial charge on any atom is -0.339 e. The van der Waals surface area contributed by atoms with E-state index in [0.717, 1.165) is 23.4 Å². The number of sulfone groups is 1. The molecule has 0 aliphatic rings. The lowest BCUT2D eigenvalue weighted by molar-refractivity contribution is 0.363. The molecule has 2 heterocycles. The molecule has 1 atom stereocenters. The molecular weight excluding hydrogens is 435 g/mol. The van der Waals surface area contributed by atoms with Gasteiger partial charge in [-0.15, -0.1) is 0 Å². The molecule has 2 aromatic carbocycles. The van der Waals surface area contributed by atoms with Crippen molar-refractivity contribution in [2.24, 2.45) is 0 Å². The zero-order chi connectivity index (χ0) is 22.9. The Hall–Kier alpha value is -3.40. The summed E-state index contributed by atoms with van der Waals surface area (Å²) >= 11 is 0. The maximum Gasteiger partial charge on any atom is 0.234 e. The highest BCUT2D eigenvalue weighted by Crippen LogP contribution is 2.30. The number of aromatic nitrogens is 4. The van der Waals surface area contributed by atoms with E-state index in [-0.39, 0.29) is 16.6 Å². The van der Waals surface area contributed by atoms with Crippen molar-refractivity contribution < 1.29 is 21.9 Å². The Kier molecular flexibility index (Phi) is 5.88. The Morgan fingerprint density at radius 2 is 1.59 bits per heavy atom. The van der Waals surface area contributed by atoms with Crippen molar-refractivity contribution in [1.82, 2.24) is 20.3 Å². The summed E-state index contributed by atoms with van der Waals surface area (Å²) in [5.41, 5.74) is 2.13. The van der Waals surface area contributed by atoms with E-state index in [1.54, 1.807) is 0 Å². The van der Waals surface area contributed by atoms with Gasteiger partial charge in [0.1, 0.15) is 10.7 Å². The molecule has 166 valence electrons. The Balaban J connectivity index is 1.59. The molecule has 10 heteroatoms. The number of halogens is 1. The van der Waals surface area contributed by atoms with E-state index in [9.17, 15) is 12.8 Å². The molecule has 0 bridgehead atoms. The summed E-state index contributed by atoms with van der Waals surface area (Å²) in [6.07, 6.45) is 2.32. The average Bonchev–Trinajstić information content (AvgIpc) is 3.44. The molecule has 4 aromatic rings. The number of hydrogen-bond acceptors (Lipinski definition) is 8. The molecule has 0 radical (unpaired) electrons. The summed E-state index contributed by atoms with van der Waals surface area (Å²) in [5.74, 6) is 0.660. The lowest BCUT2D eigenvalue weighted by Gasteiger charge is -2.10. The van der Waals surface area contributed by atoms with E-state index >= 15 is 0 Å². The van der Waals surface area contributed by atoms with Crippen LogP contribution in [-0.2, 0) is 16.3 Å². The topological polar surface area (TPSA) is 112 Å². The molecule has 32 heavy (non-hydrogen) atoms. The van der Waals surface area contributed by atoms with Crippen LogP contribution >= 0.6 is 0 Å². The standard InChI is InChI=1S/C22H21FN4O4S/c1-4-16(13-6-8-14(9-7-13)20-24-19(5-2)30-26-20)22-25-21(27-31-22)15-10-11-18(17(23)12-15)32(3,28)29/h6-12,16H,4-5H2,1-3H3. The third-order valence-electron chi connectivity index (χ3n) is 5.08. The summed E-state index contributed by atoms with van der Waals surface area (Å²) in [7, 11) is -3.66. The van der Waals surface area contributed by atoms with Crippen molar-refractivity contribution in [1.29, 1.82) is 0 Å². The second-order valence-corrected chi connectivity index (χ2v) is 9.31. The van der Waals surface area contributed by atoms with Gasteiger partial charge in [-0.25, -0.2) is 12.8 Å². The fourth-order valence-electron chi connectivity index (χ4n) is 3.37. The van der Waals surface area contributed by atoms with Gasteiger partial charge in [-0.2, -0.15) is 9.97 Å². The van der Waals surface area contributed by atoms with E-state index in [1.165, 1.54) is 12.1 Å². The van der Waals surface area contributed by atoms with Crippen LogP contribution in [0.15, 0.2) is 56.4 Å². The summed E-state index contributed by atoms with van der Waals surface area (Å²) < 4.78 is 48.1. The Morgan fingerprint density at radius 1 is 0.938 bits per heavy atom. The highest BCUT2D eigenvalue weighted by atomic mass is 32.2. The lowest BCUT2D eigenvalue weighted by Crippen LogP contribution is -2.01. The van der Waals surface area contributed by atoms with Crippen molar-refractivity contribution in [2.45, 2.75) is 37.5 Å². The Morgan fingerprint density at radius 3 is 2.19 bits per heavy atom. The van der Waals surface area contributed by atoms with Gasteiger partial charge in [0, 0.05) is 23.8 Å². The molecule has 0 spiro atoms. The summed E-state index contributed by atoms with van der Waals surface area (Å²) in [5, 5.41) is 7.94. The molecule has 1 unspecified atom stereocenters. The van der Waals surface area contributed by atoms with Crippen LogP contribution in [0.25, 0.3) is 22.8 Å². The van der Waals surface area contributed by atoms with E-state index in [0.29, 0.717) is 36.0 Å². The monoisotopic (exact) mass is 456 g/mol. The molecule has 4 rings (SSSR count). The number of hydrogen-bond donors (Lipinski definition) is 0. The molecule has 0 saturated carbocycles. The van der Waals surface area contributed by atoms with E-state index < -0.39 is 15.7 Å². The van der Waals surface area contributed by atoms with Crippen LogP contribution < -0.4 is 0 Å². The molecule has 0 N–H and O–H groups in total. The van der Waals surface area contributed by atoms with Crippen molar-refractivity contribution in [3.8, 4) is 22.8 Å². The predicted octanol–water partition coefficient (Wildman–Crippen LogP) is 4.43. The van der Waals surface area contributed by atoms with Gasteiger partial charge in [0.15, 0.2) is 9.84 Å². The van der Waals surface area contributed by atoms with Crippen LogP contribution in [0, 0.1) is 5.82 Å². The maximum atomic E-state index is 14.2. The van der Waals surface area contributed by atoms with Gasteiger partial charge in [-0.05, 0) is 30.2 Å². The van der Waals surface area contributed by atoms with Crippen LogP contribution in [0.3, 0.4) is 0 Å². The van der Waals surface area contributed by atoms with Gasteiger partial charge >= 0.3 is 0 Å². The van der Waals surface area contributed by atoms with Crippen molar-refractivity contribution in [3.05, 3.63) is 65.6 Å². The molecular formula is C22H21FN4O4S. The first-order chi connectivity index (χ1) is 15.3. The molecule has 2 aromatic heterocycles. The second-order valence-electron chi connectivity index (χ2n) is 7.32. The third kappa shape index (κ3) is 4.31. The summed E-state index contributed by atoms with van der Waals surface area (Å²) in [4.78, 5) is 8.38. The minimum atomic E-state index is -3.66. The fraction of sp³-hybridized carbons (Fsp3) is 0.273. The number of rotatable bonds is 7. The highest BCUT2D eigenvalue weighted by Gasteiger charge is 2.22. The third-order valence-corrected chi connectivity index (χ3v) is 6.21. The fourth-order valence-corrected chi connectivity index (χ4v) is 4.10. The van der Waals surface area contributed by atoms with Gasteiger partial charge in [0.2, 0.25) is 23.4 Å². The van der Waals surface area contributed by atoms with Gasteiger partial charge in [-0.3, -0.25) is 0 Å². The first-order valence-corrected chi connectivity index (χ1v) is 12.0. The van der Waals surface area contributed by atoms with E-state index in [2.05, 4.69) is 20.3 Å². The van der Waals surface area contributed by atoms with Crippen molar-refractivity contribution in [2.75, 3.05) is 6.26 Å². The first-order valence-electron chi connectivity index (χ1n) is 10.1. The van der Waals surface area contributed by atoms with E-state index in [4.69, 9.17) is 9.05 Å². The van der Waals surface area contributed by atoms with E-state index in [1.807, 2.05) is 38.1 Å². The second kappa shape index (κ2) is 8.62. The molecule has 0 saturated heterocycles. The van der Waals surface area contributed by atoms with Crippen LogP contribution in [0.5, 0.6) is 0 Å². The molecule has 0 fully saturated rings. The molecule has 0 amide bonds. The van der Waals surface area contributed by atoms with Crippen LogP contribution in [0.1, 0.15) is 43.5 Å². The van der Waals surface area contributed by atoms with Crippen molar-refractivity contribution >= 4 is 9.84 Å². The SMILES string of the molecule is CCc1nc(-c2ccc(C(CC)c3nc(-c4ccc(S(C)(=O)=O)c(F)c4)no3)cc2)no1. The zero-order valence-corrected chi connectivity index (χ0v) is 18.6. The molecule has 8 nitrogen and oxygen atoms in total. The number of aryl methyl sites for hydroxylation is 1. The van der Waals surface area contributed by atoms with Crippen LogP contribution in [0.2, 0.25) is 0 Å². The summed E-state index contributed by atoms with van der Waals surface area (Å²) in [6.45, 7) is 3.94. The quantitative estimate of drug-likeness (QED) is 0.401. The van der Waals surface area contributed by atoms with Crippen LogP contribution in [0.4, 0.5) is 4.39 Å². The average molecular weight is 456 g/mol. The largest absolute Gasteiger partial charge is 0.339 e. The number of benzene rings is 2. The minimum absolute atomic E-state index is 0.165. The summed E-state index contributed by atoms with van der Waals surface area (Å²) in [6, 6.07) is 11.4. The van der Waals surface area contributed by atoms with Crippen molar-refractivity contribution in [3.63, 3.8) is 0 Å². The highest BCUT2D eigenvalue weighted by molar-refractivity contribution is 7.90. The predicted molar refractivity (Wildman–Crippen MR) is 114 cm³/mol. The maximum absolute atomic E-state index is 14.2. The van der Waals surface area contributed by atoms with Crippen LogP contribution in [-0.4, -0.2) is 35.0 Å². The molecule has 0 aliphatic carbocycles. The van der Waals surface area contributed by atoms with Gasteiger partial charge < -0.3 is 9.05 Å². The lowest BCUT2D eigenvalue weighted by atomic mass is 9.95. The normalized spacial score (nSPS) is 12.8. The Bertz CT molecular complexity index is 1350. The van der Waals surface area contributed by atoms with Gasteiger partial charge in [0.05, 0.1) is 5.92 Å². The van der Waals surface area contributed by atoms with Gasteiger partial charge in [-0.1, -0.05) is 48.4 Å². The first kappa shape index (κ1) is 21.8. The Labute approximate surface area is 184 Å². The number of nitrogens with zero attached hydrogens (tertiary/aromatic N) is 4.